The number of aromatic hydroxyl groups is 1. The van der Waals surface area contributed by atoms with E-state index in [-0.39, 0.29) is 6.04 Å². The number of ether oxygens (including phenoxy) is 1. The van der Waals surface area contributed by atoms with Crippen molar-refractivity contribution >= 4 is 21.6 Å². The average Bonchev–Trinajstić information content (AvgIpc) is 2.63. The molecule has 0 radical (unpaired) electrons. The molecule has 0 bridgehead atoms. The minimum Gasteiger partial charge on any atom is -0.508 e. The largest absolute Gasteiger partial charge is 0.508 e. The Morgan fingerprint density at radius 2 is 2.04 bits per heavy atom. The van der Waals surface area contributed by atoms with Crippen molar-refractivity contribution in [2.24, 2.45) is 10.9 Å². The van der Waals surface area contributed by atoms with Crippen molar-refractivity contribution in [1.29, 1.82) is 0 Å². The first kappa shape index (κ1) is 18.9. The zero-order valence-electron chi connectivity index (χ0n) is 15.6. The molecule has 4 nitrogen and oxygen atoms in total. The number of nitrogens with one attached hydrogen (secondary N) is 1. The summed E-state index contributed by atoms with van der Waals surface area (Å²) < 4.78 is 6.32. The summed E-state index contributed by atoms with van der Waals surface area (Å²) in [6.07, 6.45) is 0.694. The van der Waals surface area contributed by atoms with Gasteiger partial charge in [-0.05, 0) is 48.7 Å². The third-order valence-electron chi connectivity index (χ3n) is 5.12. The SMILES string of the molecule is COc1cccc(C2=NC(C)(C(C)C)NC(c3cc(Br)ccc3O)C2)c1. The molecule has 2 aromatic carbocycles. The maximum absolute atomic E-state index is 10.4. The topological polar surface area (TPSA) is 53.8 Å². The number of nitrogens with zero attached hydrogens (tertiary/aromatic N) is 1. The van der Waals surface area contributed by atoms with E-state index in [1.165, 1.54) is 0 Å². The number of halogens is 1. The lowest BCUT2D eigenvalue weighted by molar-refractivity contribution is 0.229. The molecule has 0 aromatic heterocycles. The van der Waals surface area contributed by atoms with Gasteiger partial charge in [-0.1, -0.05) is 41.9 Å². The van der Waals surface area contributed by atoms with Crippen molar-refractivity contribution < 1.29 is 9.84 Å². The number of rotatable bonds is 4. The maximum Gasteiger partial charge on any atom is 0.120 e. The molecule has 2 unspecified atom stereocenters. The van der Waals surface area contributed by atoms with Gasteiger partial charge >= 0.3 is 0 Å². The number of phenols is 1. The van der Waals surface area contributed by atoms with Crippen LogP contribution in [0.2, 0.25) is 0 Å². The molecule has 2 N–H and O–H groups in total. The highest BCUT2D eigenvalue weighted by molar-refractivity contribution is 9.10. The predicted octanol–water partition coefficient (Wildman–Crippen LogP) is 5.06. The lowest BCUT2D eigenvalue weighted by atomic mass is 9.88. The van der Waals surface area contributed by atoms with Crippen molar-refractivity contribution in [1.82, 2.24) is 5.32 Å². The second-order valence-electron chi connectivity index (χ2n) is 7.20. The third kappa shape index (κ3) is 3.79. The van der Waals surface area contributed by atoms with Crippen LogP contribution in [0.3, 0.4) is 0 Å². The smallest absolute Gasteiger partial charge is 0.120 e. The van der Waals surface area contributed by atoms with Crippen molar-refractivity contribution in [2.45, 2.75) is 38.9 Å². The second-order valence-corrected chi connectivity index (χ2v) is 8.11. The van der Waals surface area contributed by atoms with Crippen LogP contribution in [0.1, 0.15) is 44.4 Å². The molecule has 0 aliphatic carbocycles. The van der Waals surface area contributed by atoms with E-state index in [1.807, 2.05) is 30.3 Å². The predicted molar refractivity (Wildman–Crippen MR) is 109 cm³/mol. The Morgan fingerprint density at radius 3 is 2.73 bits per heavy atom. The number of hydrogen-bond acceptors (Lipinski definition) is 4. The van der Waals surface area contributed by atoms with E-state index < -0.39 is 5.66 Å². The second kappa shape index (κ2) is 7.41. The first-order valence-corrected chi connectivity index (χ1v) is 9.61. The Kier molecular flexibility index (Phi) is 5.39. The van der Waals surface area contributed by atoms with Crippen LogP contribution < -0.4 is 10.1 Å². The Hall–Kier alpha value is -1.85. The van der Waals surface area contributed by atoms with Crippen molar-refractivity contribution in [3.63, 3.8) is 0 Å². The standard InChI is InChI=1S/C21H25BrN2O2/c1-13(2)21(3)23-18(14-6-5-7-16(10-14)26-4)12-19(24-21)17-11-15(22)8-9-20(17)25/h5-11,13,19,24-25H,12H2,1-4H3. The highest BCUT2D eigenvalue weighted by Gasteiger charge is 2.36. The van der Waals surface area contributed by atoms with E-state index in [1.54, 1.807) is 13.2 Å². The molecule has 138 valence electrons. The van der Waals surface area contributed by atoms with Gasteiger partial charge in [0.05, 0.1) is 7.11 Å². The molecule has 0 saturated heterocycles. The van der Waals surface area contributed by atoms with Crippen LogP contribution in [0.25, 0.3) is 0 Å². The summed E-state index contributed by atoms with van der Waals surface area (Å²) >= 11 is 3.51. The van der Waals surface area contributed by atoms with Crippen molar-refractivity contribution in [3.8, 4) is 11.5 Å². The number of methoxy groups -OCH3 is 1. The van der Waals surface area contributed by atoms with Crippen LogP contribution in [0.4, 0.5) is 0 Å². The fourth-order valence-electron chi connectivity index (χ4n) is 3.23. The summed E-state index contributed by atoms with van der Waals surface area (Å²) in [5, 5.41) is 14.1. The molecule has 0 spiro atoms. The van der Waals surface area contributed by atoms with Crippen LogP contribution >= 0.6 is 15.9 Å². The van der Waals surface area contributed by atoms with Gasteiger partial charge in [0, 0.05) is 28.2 Å². The van der Waals surface area contributed by atoms with Crippen molar-refractivity contribution in [2.75, 3.05) is 7.11 Å². The van der Waals surface area contributed by atoms with Gasteiger partial charge in [-0.2, -0.15) is 0 Å². The van der Waals surface area contributed by atoms with E-state index in [9.17, 15) is 5.11 Å². The molecule has 1 aliphatic heterocycles. The van der Waals surface area contributed by atoms with Gasteiger partial charge in [0.25, 0.3) is 0 Å². The quantitative estimate of drug-likeness (QED) is 0.731. The molecule has 3 rings (SSSR count). The van der Waals surface area contributed by atoms with Gasteiger partial charge < -0.3 is 9.84 Å². The van der Waals surface area contributed by atoms with E-state index in [4.69, 9.17) is 9.73 Å². The average molecular weight is 417 g/mol. The highest BCUT2D eigenvalue weighted by Crippen LogP contribution is 2.37. The van der Waals surface area contributed by atoms with Gasteiger partial charge in [0.1, 0.15) is 17.2 Å². The zero-order chi connectivity index (χ0) is 18.9. The maximum atomic E-state index is 10.4. The summed E-state index contributed by atoms with van der Waals surface area (Å²) in [4.78, 5) is 5.04. The number of benzene rings is 2. The van der Waals surface area contributed by atoms with E-state index in [0.717, 1.165) is 27.1 Å². The monoisotopic (exact) mass is 416 g/mol. The molecule has 2 aromatic rings. The molecule has 1 aliphatic rings. The fraction of sp³-hybridized carbons (Fsp3) is 0.381. The van der Waals surface area contributed by atoms with Crippen LogP contribution in [-0.2, 0) is 0 Å². The van der Waals surface area contributed by atoms with Crippen molar-refractivity contribution in [3.05, 3.63) is 58.1 Å². The number of phenolic OH excluding ortho intramolecular Hbond substituents is 1. The van der Waals surface area contributed by atoms with Crippen LogP contribution in [0.15, 0.2) is 51.9 Å². The molecule has 26 heavy (non-hydrogen) atoms. The van der Waals surface area contributed by atoms with Crippen LogP contribution in [0.5, 0.6) is 11.5 Å². The van der Waals surface area contributed by atoms with Gasteiger partial charge in [0.2, 0.25) is 0 Å². The minimum atomic E-state index is -0.421. The van der Waals surface area contributed by atoms with Gasteiger partial charge in [-0.15, -0.1) is 0 Å². The van der Waals surface area contributed by atoms with Gasteiger partial charge in [0.15, 0.2) is 0 Å². The summed E-state index contributed by atoms with van der Waals surface area (Å²) in [5.74, 6) is 1.40. The van der Waals surface area contributed by atoms with E-state index >= 15 is 0 Å². The summed E-state index contributed by atoms with van der Waals surface area (Å²) in [6.45, 7) is 6.42. The summed E-state index contributed by atoms with van der Waals surface area (Å²) in [7, 11) is 1.67. The Morgan fingerprint density at radius 1 is 1.27 bits per heavy atom. The lowest BCUT2D eigenvalue weighted by Gasteiger charge is -2.40. The molecule has 2 atom stereocenters. The van der Waals surface area contributed by atoms with Gasteiger partial charge in [-0.3, -0.25) is 10.3 Å². The van der Waals surface area contributed by atoms with Crippen LogP contribution in [0, 0.1) is 5.92 Å². The highest BCUT2D eigenvalue weighted by atomic mass is 79.9. The zero-order valence-corrected chi connectivity index (χ0v) is 17.2. The Balaban J connectivity index is 2.06. The summed E-state index contributed by atoms with van der Waals surface area (Å²) in [5.41, 5.74) is 2.53. The first-order valence-electron chi connectivity index (χ1n) is 8.81. The lowest BCUT2D eigenvalue weighted by Crippen LogP contribution is -2.51. The molecule has 0 saturated carbocycles. The molecular weight excluding hydrogens is 392 g/mol. The van der Waals surface area contributed by atoms with Gasteiger partial charge in [-0.25, -0.2) is 0 Å². The normalized spacial score (nSPS) is 23.0. The number of aliphatic imine (C=N–C) groups is 1. The van der Waals surface area contributed by atoms with E-state index in [0.29, 0.717) is 18.1 Å². The molecule has 0 fully saturated rings. The number of hydrogen-bond donors (Lipinski definition) is 2. The Labute approximate surface area is 163 Å². The molecular formula is C21H25BrN2O2. The third-order valence-corrected chi connectivity index (χ3v) is 5.62. The van der Waals surface area contributed by atoms with E-state index in [2.05, 4.69) is 48.1 Å². The summed E-state index contributed by atoms with van der Waals surface area (Å²) in [6, 6.07) is 13.5. The Bertz CT molecular complexity index is 835. The minimum absolute atomic E-state index is 0.0291. The fourth-order valence-corrected chi connectivity index (χ4v) is 3.61. The molecule has 0 amide bonds. The molecule has 1 heterocycles. The first-order chi connectivity index (χ1) is 12.3. The van der Waals surface area contributed by atoms with Crippen LogP contribution in [-0.4, -0.2) is 23.6 Å². The molecule has 5 heteroatoms.